The molecule has 0 saturated heterocycles. The van der Waals surface area contributed by atoms with Crippen molar-refractivity contribution in [2.45, 2.75) is 0 Å². The summed E-state index contributed by atoms with van der Waals surface area (Å²) in [5, 5.41) is 0.752. The van der Waals surface area contributed by atoms with Gasteiger partial charge in [-0.15, -0.1) is 0 Å². The van der Waals surface area contributed by atoms with Crippen molar-refractivity contribution < 1.29 is 13.0 Å². The van der Waals surface area contributed by atoms with Crippen LogP contribution >= 0.6 is 0 Å². The maximum Gasteiger partial charge on any atom is 0.287 e. The third-order valence-electron chi connectivity index (χ3n) is 1.23. The number of nitrogens with zero attached hydrogens (tertiary/aromatic N) is 1. The summed E-state index contributed by atoms with van der Waals surface area (Å²) in [4.78, 5) is 2.00. The van der Waals surface area contributed by atoms with Crippen molar-refractivity contribution in [3.05, 3.63) is 41.3 Å². The van der Waals surface area contributed by atoms with E-state index in [4.69, 9.17) is 4.55 Å². The van der Waals surface area contributed by atoms with Crippen molar-refractivity contribution in [3.8, 4) is 0 Å². The van der Waals surface area contributed by atoms with Gasteiger partial charge in [0, 0.05) is 0 Å². The summed E-state index contributed by atoms with van der Waals surface area (Å²) < 4.78 is 28.9. The van der Waals surface area contributed by atoms with Crippen LogP contribution in [0.25, 0.3) is 6.08 Å². The maximum absolute atomic E-state index is 10.3. The maximum atomic E-state index is 10.3. The van der Waals surface area contributed by atoms with E-state index in [-0.39, 0.29) is 0 Å². The molecule has 0 atom stereocenters. The Kier molecular flexibility index (Phi) is 6.64. The van der Waals surface area contributed by atoms with Crippen LogP contribution in [0.3, 0.4) is 0 Å². The van der Waals surface area contributed by atoms with Crippen LogP contribution in [0.15, 0.2) is 35.7 Å². The van der Waals surface area contributed by atoms with Crippen LogP contribution in [0.4, 0.5) is 0 Å². The van der Waals surface area contributed by atoms with E-state index < -0.39 is 10.1 Å². The Morgan fingerprint density at radius 1 is 1.12 bits per heavy atom. The van der Waals surface area contributed by atoms with Gasteiger partial charge in [-0.1, -0.05) is 30.3 Å². The molecule has 0 fully saturated rings. The van der Waals surface area contributed by atoms with Gasteiger partial charge in [0.05, 0.1) is 5.41 Å². The van der Waals surface area contributed by atoms with Gasteiger partial charge in [0.2, 0.25) is 0 Å². The van der Waals surface area contributed by atoms with Gasteiger partial charge in [0.15, 0.2) is 0 Å². The van der Waals surface area contributed by atoms with Crippen molar-refractivity contribution in [3.63, 3.8) is 0 Å². The standard InChI is InChI=1S/C8H8O3S.C3H9N/c9-12(10,11)7-6-8-4-2-1-3-5-8;1-4(2)3/h1-7H,(H,9,10,11);1-3H3. The van der Waals surface area contributed by atoms with E-state index >= 15 is 0 Å². The van der Waals surface area contributed by atoms with Gasteiger partial charge in [-0.25, -0.2) is 0 Å². The molecule has 0 aliphatic carbocycles. The highest BCUT2D eigenvalue weighted by Gasteiger charge is 1.94. The summed E-state index contributed by atoms with van der Waals surface area (Å²) in [6, 6.07) is 8.86. The van der Waals surface area contributed by atoms with Crippen LogP contribution in [0.1, 0.15) is 5.56 Å². The third-order valence-corrected chi connectivity index (χ3v) is 1.71. The Hall–Kier alpha value is -1.17. The van der Waals surface area contributed by atoms with E-state index in [0.717, 1.165) is 11.0 Å². The van der Waals surface area contributed by atoms with Gasteiger partial charge >= 0.3 is 0 Å². The molecule has 1 aromatic rings. The second-order valence-corrected chi connectivity index (χ2v) is 4.87. The molecular weight excluding hydrogens is 226 g/mol. The summed E-state index contributed by atoms with van der Waals surface area (Å²) in [5.74, 6) is 0. The van der Waals surface area contributed by atoms with E-state index in [1.54, 1.807) is 24.3 Å². The predicted octanol–water partition coefficient (Wildman–Crippen LogP) is 1.72. The van der Waals surface area contributed by atoms with E-state index in [1.165, 1.54) is 6.08 Å². The first-order valence-electron chi connectivity index (χ1n) is 4.63. The summed E-state index contributed by atoms with van der Waals surface area (Å²) in [6.45, 7) is 0. The lowest BCUT2D eigenvalue weighted by Crippen LogP contribution is -1.99. The molecule has 1 rings (SSSR count). The van der Waals surface area contributed by atoms with Gasteiger partial charge in [-0.2, -0.15) is 8.42 Å². The van der Waals surface area contributed by atoms with Crippen LogP contribution in [0.5, 0.6) is 0 Å². The van der Waals surface area contributed by atoms with Crippen LogP contribution in [-0.2, 0) is 10.1 Å². The topological polar surface area (TPSA) is 57.6 Å². The quantitative estimate of drug-likeness (QED) is 0.804. The Balaban J connectivity index is 0.000000487. The van der Waals surface area contributed by atoms with Crippen LogP contribution in [0.2, 0.25) is 0 Å². The second-order valence-electron chi connectivity index (χ2n) is 3.57. The Bertz CT molecular complexity index is 407. The highest BCUT2D eigenvalue weighted by Crippen LogP contribution is 2.01. The molecule has 0 spiro atoms. The molecule has 5 heteroatoms. The molecule has 4 nitrogen and oxygen atoms in total. The fraction of sp³-hybridized carbons (Fsp3) is 0.273. The minimum atomic E-state index is -4.00. The van der Waals surface area contributed by atoms with Crippen molar-refractivity contribution in [2.75, 3.05) is 21.1 Å². The van der Waals surface area contributed by atoms with E-state index in [2.05, 4.69) is 0 Å². The lowest BCUT2D eigenvalue weighted by Gasteiger charge is -1.90. The number of hydrogen-bond acceptors (Lipinski definition) is 3. The summed E-state index contributed by atoms with van der Waals surface area (Å²) in [6.07, 6.45) is 1.33. The van der Waals surface area contributed by atoms with Crippen LogP contribution in [-0.4, -0.2) is 39.0 Å². The minimum absolute atomic E-state index is 0.732. The van der Waals surface area contributed by atoms with Crippen molar-refractivity contribution in [1.82, 2.24) is 4.90 Å². The highest BCUT2D eigenvalue weighted by molar-refractivity contribution is 7.88. The lowest BCUT2D eigenvalue weighted by molar-refractivity contribution is 0.494. The predicted molar refractivity (Wildman–Crippen MR) is 66.6 cm³/mol. The molecule has 16 heavy (non-hydrogen) atoms. The molecule has 0 aliphatic heterocycles. The largest absolute Gasteiger partial charge is 0.312 e. The molecule has 0 saturated carbocycles. The van der Waals surface area contributed by atoms with E-state index in [0.29, 0.717) is 0 Å². The van der Waals surface area contributed by atoms with E-state index in [1.807, 2.05) is 32.1 Å². The molecular formula is C11H17NO3S. The molecule has 0 aliphatic rings. The van der Waals surface area contributed by atoms with Crippen LogP contribution < -0.4 is 0 Å². The molecule has 0 amide bonds. The SMILES string of the molecule is CN(C)C.O=S(=O)(O)C=Cc1ccccc1. The second kappa shape index (κ2) is 7.16. The fourth-order valence-electron chi connectivity index (χ4n) is 0.729. The number of hydrogen-bond donors (Lipinski definition) is 1. The average Bonchev–Trinajstić information content (AvgIpc) is 2.14. The van der Waals surface area contributed by atoms with E-state index in [9.17, 15) is 8.42 Å². The molecule has 1 N–H and O–H groups in total. The zero-order valence-corrected chi connectivity index (χ0v) is 10.5. The van der Waals surface area contributed by atoms with Gasteiger partial charge in [0.25, 0.3) is 10.1 Å². The first kappa shape index (κ1) is 14.8. The zero-order chi connectivity index (χ0) is 12.6. The van der Waals surface area contributed by atoms with Crippen molar-refractivity contribution in [2.24, 2.45) is 0 Å². The van der Waals surface area contributed by atoms with Gasteiger partial charge in [-0.3, -0.25) is 4.55 Å². The smallest absolute Gasteiger partial charge is 0.287 e. The Morgan fingerprint density at radius 2 is 1.56 bits per heavy atom. The molecule has 0 unspecified atom stereocenters. The lowest BCUT2D eigenvalue weighted by atomic mass is 10.2. The third kappa shape index (κ3) is 10.9. The fourth-order valence-corrected chi connectivity index (χ4v) is 1.06. The first-order chi connectivity index (χ1) is 7.31. The number of benzene rings is 1. The molecule has 1 aromatic carbocycles. The molecule has 0 heterocycles. The van der Waals surface area contributed by atoms with Gasteiger partial charge < -0.3 is 4.90 Å². The monoisotopic (exact) mass is 243 g/mol. The Morgan fingerprint density at radius 3 is 1.94 bits per heavy atom. The highest BCUT2D eigenvalue weighted by atomic mass is 32.2. The summed E-state index contributed by atoms with van der Waals surface area (Å²) >= 11 is 0. The first-order valence-corrected chi connectivity index (χ1v) is 6.13. The van der Waals surface area contributed by atoms with Crippen molar-refractivity contribution >= 4 is 16.2 Å². The molecule has 0 aromatic heterocycles. The number of rotatable bonds is 2. The minimum Gasteiger partial charge on any atom is -0.312 e. The van der Waals surface area contributed by atoms with Crippen molar-refractivity contribution in [1.29, 1.82) is 0 Å². The average molecular weight is 243 g/mol. The van der Waals surface area contributed by atoms with Gasteiger partial charge in [0.1, 0.15) is 0 Å². The normalized spacial score (nSPS) is 11.3. The summed E-state index contributed by atoms with van der Waals surface area (Å²) in [7, 11) is 2.00. The van der Waals surface area contributed by atoms with Gasteiger partial charge in [-0.05, 0) is 32.8 Å². The summed E-state index contributed by atoms with van der Waals surface area (Å²) in [5.41, 5.74) is 0.732. The van der Waals surface area contributed by atoms with Crippen LogP contribution in [0, 0.1) is 0 Å². The zero-order valence-electron chi connectivity index (χ0n) is 9.66. The molecule has 0 bridgehead atoms. The molecule has 0 radical (unpaired) electrons. The Labute approximate surface area is 97.0 Å². The molecule has 90 valence electrons.